The highest BCUT2D eigenvalue weighted by molar-refractivity contribution is 5.82. The molecule has 4 N–H and O–H groups in total. The molecular formula is C10H21N3O2. The third-order valence-electron chi connectivity index (χ3n) is 3.05. The molecule has 0 aromatic carbocycles. The van der Waals surface area contributed by atoms with E-state index in [-0.39, 0.29) is 17.3 Å². The first kappa shape index (κ1) is 12.3. The molecule has 1 aliphatic heterocycles. The van der Waals surface area contributed by atoms with E-state index in [1.807, 2.05) is 6.92 Å². The Balaban J connectivity index is 2.35. The van der Waals surface area contributed by atoms with Gasteiger partial charge >= 0.3 is 0 Å². The van der Waals surface area contributed by atoms with Gasteiger partial charge in [0.15, 0.2) is 0 Å². The number of hydrogen-bond acceptors (Lipinski definition) is 4. The fourth-order valence-corrected chi connectivity index (χ4v) is 1.60. The maximum Gasteiger partial charge on any atom is 0.143 e. The van der Waals surface area contributed by atoms with Gasteiger partial charge in [0.05, 0.1) is 0 Å². The standard InChI is InChI=1S/C10H21N3O2/c1-8(9(11)13-14)7-12-10(2)3-5-15-6-4-10/h8,12,14H,3-7H2,1-2H3,(H2,11,13). The molecular weight excluding hydrogens is 194 g/mol. The summed E-state index contributed by atoms with van der Waals surface area (Å²) in [5, 5.41) is 15.0. The molecule has 5 heteroatoms. The van der Waals surface area contributed by atoms with Gasteiger partial charge < -0.3 is 21.0 Å². The molecule has 0 bridgehead atoms. The zero-order valence-corrected chi connectivity index (χ0v) is 9.49. The van der Waals surface area contributed by atoms with Crippen LogP contribution in [0.2, 0.25) is 0 Å². The number of nitrogens with two attached hydrogens (primary N) is 1. The third kappa shape index (κ3) is 3.68. The summed E-state index contributed by atoms with van der Waals surface area (Å²) in [7, 11) is 0. The molecule has 0 radical (unpaired) electrons. The number of rotatable bonds is 4. The number of nitrogens with zero attached hydrogens (tertiary/aromatic N) is 1. The molecule has 1 heterocycles. The summed E-state index contributed by atoms with van der Waals surface area (Å²) in [6.07, 6.45) is 2.02. The Morgan fingerprint density at radius 1 is 1.60 bits per heavy atom. The lowest BCUT2D eigenvalue weighted by molar-refractivity contribution is 0.0448. The van der Waals surface area contributed by atoms with Gasteiger partial charge in [0, 0.05) is 31.2 Å². The van der Waals surface area contributed by atoms with Crippen molar-refractivity contribution in [3.63, 3.8) is 0 Å². The highest BCUT2D eigenvalue weighted by Crippen LogP contribution is 2.19. The summed E-state index contributed by atoms with van der Waals surface area (Å²) in [4.78, 5) is 0. The second-order valence-corrected chi connectivity index (χ2v) is 4.48. The summed E-state index contributed by atoms with van der Waals surface area (Å²) >= 11 is 0. The maximum absolute atomic E-state index is 8.52. The quantitative estimate of drug-likeness (QED) is 0.276. The van der Waals surface area contributed by atoms with E-state index in [2.05, 4.69) is 17.4 Å². The molecule has 15 heavy (non-hydrogen) atoms. The van der Waals surface area contributed by atoms with Gasteiger partial charge in [-0.3, -0.25) is 0 Å². The van der Waals surface area contributed by atoms with Crippen molar-refractivity contribution in [2.75, 3.05) is 19.8 Å². The molecule has 0 aliphatic carbocycles. The molecule has 0 saturated carbocycles. The molecule has 1 fully saturated rings. The summed E-state index contributed by atoms with van der Waals surface area (Å²) in [6, 6.07) is 0. The van der Waals surface area contributed by atoms with E-state index in [1.54, 1.807) is 0 Å². The van der Waals surface area contributed by atoms with E-state index in [1.165, 1.54) is 0 Å². The van der Waals surface area contributed by atoms with Crippen LogP contribution in [0.5, 0.6) is 0 Å². The van der Waals surface area contributed by atoms with E-state index in [4.69, 9.17) is 15.7 Å². The predicted octanol–water partition coefficient (Wildman–Crippen LogP) is 0.528. The summed E-state index contributed by atoms with van der Waals surface area (Å²) in [5.74, 6) is 0.327. The van der Waals surface area contributed by atoms with Gasteiger partial charge in [-0.2, -0.15) is 0 Å². The topological polar surface area (TPSA) is 79.9 Å². The van der Waals surface area contributed by atoms with Gasteiger partial charge in [-0.15, -0.1) is 0 Å². The highest BCUT2D eigenvalue weighted by Gasteiger charge is 2.27. The minimum absolute atomic E-state index is 0.0506. The van der Waals surface area contributed by atoms with E-state index in [0.29, 0.717) is 0 Å². The van der Waals surface area contributed by atoms with Gasteiger partial charge in [-0.25, -0.2) is 0 Å². The number of oxime groups is 1. The van der Waals surface area contributed by atoms with Crippen molar-refractivity contribution in [2.45, 2.75) is 32.2 Å². The number of ether oxygens (including phenoxy) is 1. The van der Waals surface area contributed by atoms with Crippen molar-refractivity contribution < 1.29 is 9.94 Å². The van der Waals surface area contributed by atoms with Crippen LogP contribution < -0.4 is 11.1 Å². The Hall–Kier alpha value is -0.810. The summed E-state index contributed by atoms with van der Waals surface area (Å²) in [6.45, 7) is 6.47. The van der Waals surface area contributed by atoms with E-state index in [9.17, 15) is 0 Å². The predicted molar refractivity (Wildman–Crippen MR) is 59.0 cm³/mol. The van der Waals surface area contributed by atoms with Crippen molar-refractivity contribution in [1.29, 1.82) is 0 Å². The van der Waals surface area contributed by atoms with Crippen LogP contribution in [0.15, 0.2) is 5.16 Å². The lowest BCUT2D eigenvalue weighted by atomic mass is 9.92. The smallest absolute Gasteiger partial charge is 0.143 e. The van der Waals surface area contributed by atoms with Crippen molar-refractivity contribution in [1.82, 2.24) is 5.32 Å². The molecule has 1 saturated heterocycles. The Bertz CT molecular complexity index is 225. The average Bonchev–Trinajstić information content (AvgIpc) is 2.26. The average molecular weight is 215 g/mol. The first-order chi connectivity index (χ1) is 7.07. The molecule has 1 atom stereocenters. The Kier molecular flexibility index (Phi) is 4.35. The molecule has 0 aromatic heterocycles. The van der Waals surface area contributed by atoms with Crippen LogP contribution in [0, 0.1) is 5.92 Å². The van der Waals surface area contributed by atoms with Crippen molar-refractivity contribution in [3.05, 3.63) is 0 Å². The van der Waals surface area contributed by atoms with Gasteiger partial charge in [-0.05, 0) is 19.8 Å². The zero-order chi connectivity index (χ0) is 11.3. The van der Waals surface area contributed by atoms with E-state index < -0.39 is 0 Å². The minimum atomic E-state index is 0.0506. The van der Waals surface area contributed by atoms with Crippen molar-refractivity contribution in [2.24, 2.45) is 16.8 Å². The second-order valence-electron chi connectivity index (χ2n) is 4.48. The summed E-state index contributed by atoms with van der Waals surface area (Å²) in [5.41, 5.74) is 5.64. The lowest BCUT2D eigenvalue weighted by Gasteiger charge is -2.35. The molecule has 88 valence electrons. The van der Waals surface area contributed by atoms with Crippen LogP contribution in [-0.4, -0.2) is 36.3 Å². The van der Waals surface area contributed by atoms with Crippen LogP contribution in [0.25, 0.3) is 0 Å². The van der Waals surface area contributed by atoms with Crippen molar-refractivity contribution >= 4 is 5.84 Å². The SMILES string of the molecule is CC(CNC1(C)CCOCC1)C(N)=NO. The van der Waals surface area contributed by atoms with Crippen LogP contribution in [0.4, 0.5) is 0 Å². The number of amidine groups is 1. The van der Waals surface area contributed by atoms with Crippen molar-refractivity contribution in [3.8, 4) is 0 Å². The lowest BCUT2D eigenvalue weighted by Crippen LogP contribution is -2.49. The molecule has 1 aliphatic rings. The Morgan fingerprint density at radius 3 is 2.73 bits per heavy atom. The monoisotopic (exact) mass is 215 g/mol. The molecule has 0 spiro atoms. The van der Waals surface area contributed by atoms with Crippen LogP contribution in [0.3, 0.4) is 0 Å². The van der Waals surface area contributed by atoms with Gasteiger partial charge in [0.2, 0.25) is 0 Å². The minimum Gasteiger partial charge on any atom is -0.409 e. The molecule has 0 aromatic rings. The normalized spacial score (nSPS) is 23.7. The molecule has 1 rings (SSSR count). The molecule has 0 amide bonds. The summed E-state index contributed by atoms with van der Waals surface area (Å²) < 4.78 is 5.31. The second kappa shape index (κ2) is 5.32. The zero-order valence-electron chi connectivity index (χ0n) is 9.49. The Morgan fingerprint density at radius 2 is 2.20 bits per heavy atom. The van der Waals surface area contributed by atoms with E-state index >= 15 is 0 Å². The fourth-order valence-electron chi connectivity index (χ4n) is 1.60. The number of hydrogen-bond donors (Lipinski definition) is 3. The van der Waals surface area contributed by atoms with Crippen LogP contribution in [0.1, 0.15) is 26.7 Å². The Labute approximate surface area is 90.7 Å². The van der Waals surface area contributed by atoms with Gasteiger partial charge in [-0.1, -0.05) is 12.1 Å². The van der Waals surface area contributed by atoms with Gasteiger partial charge in [0.1, 0.15) is 5.84 Å². The van der Waals surface area contributed by atoms with Crippen LogP contribution >= 0.6 is 0 Å². The maximum atomic E-state index is 8.52. The number of nitrogens with one attached hydrogen (secondary N) is 1. The first-order valence-corrected chi connectivity index (χ1v) is 5.37. The third-order valence-corrected chi connectivity index (χ3v) is 3.05. The van der Waals surface area contributed by atoms with E-state index in [0.717, 1.165) is 32.6 Å². The van der Waals surface area contributed by atoms with Crippen LogP contribution in [-0.2, 0) is 4.74 Å². The molecule has 1 unspecified atom stereocenters. The highest BCUT2D eigenvalue weighted by atomic mass is 16.5. The molecule has 5 nitrogen and oxygen atoms in total. The van der Waals surface area contributed by atoms with Gasteiger partial charge in [0.25, 0.3) is 0 Å². The first-order valence-electron chi connectivity index (χ1n) is 5.37. The largest absolute Gasteiger partial charge is 0.409 e. The fraction of sp³-hybridized carbons (Fsp3) is 0.900.